The summed E-state index contributed by atoms with van der Waals surface area (Å²) in [5.74, 6) is 0.371. The van der Waals surface area contributed by atoms with E-state index in [1.54, 1.807) is 6.07 Å². The second-order valence-electron chi connectivity index (χ2n) is 4.43. The van der Waals surface area contributed by atoms with Crippen molar-refractivity contribution in [1.82, 2.24) is 10.2 Å². The smallest absolute Gasteiger partial charge is 0.233 e. The van der Waals surface area contributed by atoms with Crippen molar-refractivity contribution in [2.24, 2.45) is 0 Å². The molecule has 2 heterocycles. The Morgan fingerprint density at radius 3 is 2.50 bits per heavy atom. The third kappa shape index (κ3) is 3.47. The number of hydrogen-bond donors (Lipinski definition) is 1. The lowest BCUT2D eigenvalue weighted by Crippen LogP contribution is -2.35. The number of rotatable bonds is 3. The van der Waals surface area contributed by atoms with Gasteiger partial charge in [0.15, 0.2) is 5.03 Å². The lowest BCUT2D eigenvalue weighted by atomic mass is 10.0. The van der Waals surface area contributed by atoms with Crippen LogP contribution in [0.4, 0.5) is 0 Å². The van der Waals surface area contributed by atoms with Gasteiger partial charge in [-0.05, 0) is 19.9 Å². The average Bonchev–Trinajstić information content (AvgIpc) is 2.28. The maximum atomic E-state index is 10.7. The predicted octanol–water partition coefficient (Wildman–Crippen LogP) is 1.39. The van der Waals surface area contributed by atoms with Crippen LogP contribution in [0, 0.1) is 0 Å². The van der Waals surface area contributed by atoms with E-state index < -0.39 is 11.1 Å². The number of aromatic nitrogens is 2. The maximum absolute atomic E-state index is 10.7. The standard InChI is InChI=1S/C11H16N2O4S/c1-7-5-9(6-8(2)16-7)17-10-3-4-11(13-12-10)18(14)15/h3-4,7-9H,5-6H2,1-2H3,(H,14,15)/t7-,8+,9?. The molecule has 0 aliphatic carbocycles. The summed E-state index contributed by atoms with van der Waals surface area (Å²) in [4.78, 5) is 0. The van der Waals surface area contributed by atoms with E-state index in [1.165, 1.54) is 6.07 Å². The molecule has 0 bridgehead atoms. The highest BCUT2D eigenvalue weighted by Crippen LogP contribution is 2.23. The summed E-state index contributed by atoms with van der Waals surface area (Å²) in [7, 11) is 0. The summed E-state index contributed by atoms with van der Waals surface area (Å²) in [6, 6.07) is 2.99. The summed E-state index contributed by atoms with van der Waals surface area (Å²) in [6.45, 7) is 4.02. The summed E-state index contributed by atoms with van der Waals surface area (Å²) in [5.41, 5.74) is 0. The minimum atomic E-state index is -2.10. The summed E-state index contributed by atoms with van der Waals surface area (Å²) >= 11 is -2.10. The van der Waals surface area contributed by atoms with Crippen molar-refractivity contribution in [3.63, 3.8) is 0 Å². The number of hydrogen-bond acceptors (Lipinski definition) is 5. The first kappa shape index (κ1) is 13.4. The molecular formula is C11H16N2O4S. The van der Waals surface area contributed by atoms with Gasteiger partial charge in [-0.15, -0.1) is 10.2 Å². The third-order valence-electron chi connectivity index (χ3n) is 2.74. The van der Waals surface area contributed by atoms with E-state index in [4.69, 9.17) is 14.0 Å². The molecule has 1 aliphatic rings. The first-order chi connectivity index (χ1) is 8.54. The Morgan fingerprint density at radius 1 is 1.33 bits per heavy atom. The van der Waals surface area contributed by atoms with Crippen molar-refractivity contribution in [2.75, 3.05) is 0 Å². The molecule has 1 aromatic heterocycles. The van der Waals surface area contributed by atoms with Gasteiger partial charge in [0.25, 0.3) is 0 Å². The van der Waals surface area contributed by atoms with Gasteiger partial charge in [0.05, 0.1) is 12.2 Å². The Kier molecular flexibility index (Phi) is 4.26. The number of nitrogens with zero attached hydrogens (tertiary/aromatic N) is 2. The van der Waals surface area contributed by atoms with Gasteiger partial charge in [-0.1, -0.05) is 0 Å². The van der Waals surface area contributed by atoms with E-state index in [1.807, 2.05) is 13.8 Å². The molecule has 0 spiro atoms. The molecule has 1 saturated heterocycles. The SMILES string of the molecule is C[C@@H]1CC(Oc2ccc(S(=O)O)nn2)C[C@H](C)O1. The highest BCUT2D eigenvalue weighted by molar-refractivity contribution is 7.79. The minimum Gasteiger partial charge on any atom is -0.473 e. The first-order valence-electron chi connectivity index (χ1n) is 5.81. The fraction of sp³-hybridized carbons (Fsp3) is 0.636. The van der Waals surface area contributed by atoms with Crippen LogP contribution in [0.5, 0.6) is 5.88 Å². The Bertz CT molecular complexity index is 416. The molecule has 1 fully saturated rings. The van der Waals surface area contributed by atoms with Crippen LogP contribution in [0.15, 0.2) is 17.2 Å². The van der Waals surface area contributed by atoms with Crippen molar-refractivity contribution in [2.45, 2.75) is 50.0 Å². The van der Waals surface area contributed by atoms with Gasteiger partial charge in [-0.3, -0.25) is 0 Å². The van der Waals surface area contributed by atoms with Crippen molar-refractivity contribution in [3.8, 4) is 5.88 Å². The zero-order valence-corrected chi connectivity index (χ0v) is 11.1. The normalized spacial score (nSPS) is 29.8. The zero-order chi connectivity index (χ0) is 13.1. The lowest BCUT2D eigenvalue weighted by molar-refractivity contribution is -0.0731. The summed E-state index contributed by atoms with van der Waals surface area (Å²) in [5, 5.41) is 7.43. The molecule has 7 heteroatoms. The molecule has 1 N–H and O–H groups in total. The van der Waals surface area contributed by atoms with Crippen LogP contribution in [0.2, 0.25) is 0 Å². The molecule has 1 aliphatic heterocycles. The fourth-order valence-corrected chi connectivity index (χ4v) is 2.37. The van der Waals surface area contributed by atoms with Crippen LogP contribution in [0.25, 0.3) is 0 Å². The fourth-order valence-electron chi connectivity index (χ4n) is 2.08. The van der Waals surface area contributed by atoms with Crippen LogP contribution < -0.4 is 4.74 Å². The molecular weight excluding hydrogens is 256 g/mol. The summed E-state index contributed by atoms with van der Waals surface area (Å²) < 4.78 is 30.9. The van der Waals surface area contributed by atoms with Crippen molar-refractivity contribution >= 4 is 11.1 Å². The van der Waals surface area contributed by atoms with Gasteiger partial charge in [0.2, 0.25) is 17.0 Å². The van der Waals surface area contributed by atoms with Crippen LogP contribution in [0.3, 0.4) is 0 Å². The van der Waals surface area contributed by atoms with Gasteiger partial charge >= 0.3 is 0 Å². The lowest BCUT2D eigenvalue weighted by Gasteiger charge is -2.31. The molecule has 6 nitrogen and oxygen atoms in total. The summed E-state index contributed by atoms with van der Waals surface area (Å²) in [6.07, 6.45) is 1.98. The van der Waals surface area contributed by atoms with Gasteiger partial charge in [-0.2, -0.15) is 0 Å². The highest BCUT2D eigenvalue weighted by atomic mass is 32.2. The largest absolute Gasteiger partial charge is 0.473 e. The highest BCUT2D eigenvalue weighted by Gasteiger charge is 2.26. The van der Waals surface area contributed by atoms with Crippen molar-refractivity contribution in [3.05, 3.63) is 12.1 Å². The Hall–Kier alpha value is -1.05. The van der Waals surface area contributed by atoms with Gasteiger partial charge in [-0.25, -0.2) is 4.21 Å². The minimum absolute atomic E-state index is 0.0241. The van der Waals surface area contributed by atoms with Crippen molar-refractivity contribution < 1.29 is 18.2 Å². The Labute approximate surface area is 108 Å². The van der Waals surface area contributed by atoms with Crippen LogP contribution in [-0.2, 0) is 15.8 Å². The molecule has 1 aromatic rings. The molecule has 2 rings (SSSR count). The molecule has 0 radical (unpaired) electrons. The van der Waals surface area contributed by atoms with E-state index in [0.717, 1.165) is 12.8 Å². The monoisotopic (exact) mass is 272 g/mol. The Balaban J connectivity index is 1.98. The second kappa shape index (κ2) is 5.73. The molecule has 100 valence electrons. The van der Waals surface area contributed by atoms with Crippen molar-refractivity contribution in [1.29, 1.82) is 0 Å². The molecule has 18 heavy (non-hydrogen) atoms. The Morgan fingerprint density at radius 2 is 2.00 bits per heavy atom. The van der Waals surface area contributed by atoms with Crippen LogP contribution in [-0.4, -0.2) is 37.3 Å². The van der Waals surface area contributed by atoms with E-state index in [9.17, 15) is 4.21 Å². The predicted molar refractivity (Wildman–Crippen MR) is 64.7 cm³/mol. The second-order valence-corrected chi connectivity index (χ2v) is 5.34. The third-order valence-corrected chi connectivity index (χ3v) is 3.31. The molecule has 0 aromatic carbocycles. The topological polar surface area (TPSA) is 81.5 Å². The van der Waals surface area contributed by atoms with Crippen LogP contribution in [0.1, 0.15) is 26.7 Å². The van der Waals surface area contributed by atoms with Crippen LogP contribution >= 0.6 is 0 Å². The molecule has 4 atom stereocenters. The van der Waals surface area contributed by atoms with E-state index in [2.05, 4.69) is 10.2 Å². The number of ether oxygens (including phenoxy) is 2. The van der Waals surface area contributed by atoms with Gasteiger partial charge in [0.1, 0.15) is 6.10 Å². The maximum Gasteiger partial charge on any atom is 0.233 e. The van der Waals surface area contributed by atoms with E-state index >= 15 is 0 Å². The van der Waals surface area contributed by atoms with Gasteiger partial charge < -0.3 is 14.0 Å². The van der Waals surface area contributed by atoms with E-state index in [-0.39, 0.29) is 23.3 Å². The molecule has 0 saturated carbocycles. The van der Waals surface area contributed by atoms with Gasteiger partial charge in [0, 0.05) is 18.9 Å². The average molecular weight is 272 g/mol. The van der Waals surface area contributed by atoms with E-state index in [0.29, 0.717) is 5.88 Å². The quantitative estimate of drug-likeness (QED) is 0.837. The molecule has 0 amide bonds. The first-order valence-corrected chi connectivity index (χ1v) is 6.92. The zero-order valence-electron chi connectivity index (χ0n) is 10.3. The molecule has 2 unspecified atom stereocenters.